The van der Waals surface area contributed by atoms with Crippen LogP contribution in [-0.2, 0) is 6.54 Å². The van der Waals surface area contributed by atoms with Gasteiger partial charge in [0.05, 0.1) is 19.5 Å². The molecule has 3 aromatic rings. The van der Waals surface area contributed by atoms with Crippen molar-refractivity contribution in [1.29, 1.82) is 0 Å². The maximum absolute atomic E-state index is 12.3. The van der Waals surface area contributed by atoms with Gasteiger partial charge >= 0.3 is 0 Å². The molecule has 0 unspecified atom stereocenters. The van der Waals surface area contributed by atoms with Crippen LogP contribution < -0.4 is 10.9 Å². The van der Waals surface area contributed by atoms with E-state index in [1.807, 2.05) is 39.8 Å². The third kappa shape index (κ3) is 5.16. The van der Waals surface area contributed by atoms with Crippen molar-refractivity contribution in [3.63, 3.8) is 0 Å². The van der Waals surface area contributed by atoms with E-state index in [2.05, 4.69) is 20.3 Å². The van der Waals surface area contributed by atoms with E-state index >= 15 is 0 Å². The highest BCUT2D eigenvalue weighted by Gasteiger charge is 2.11. The van der Waals surface area contributed by atoms with Gasteiger partial charge in [0.15, 0.2) is 11.2 Å². The average Bonchev–Trinajstić information content (AvgIpc) is 3.10. The van der Waals surface area contributed by atoms with Crippen LogP contribution >= 0.6 is 0 Å². The number of benzene rings is 1. The first-order chi connectivity index (χ1) is 13.7. The van der Waals surface area contributed by atoms with Crippen LogP contribution in [0.2, 0.25) is 0 Å². The molecule has 0 spiro atoms. The molecular formula is C19H26N6O3. The van der Waals surface area contributed by atoms with Crippen molar-refractivity contribution < 1.29 is 10.2 Å². The largest absolute Gasteiger partial charge is 0.395 e. The lowest BCUT2D eigenvalue weighted by atomic mass is 10.3. The van der Waals surface area contributed by atoms with Crippen LogP contribution in [0.25, 0.3) is 11.2 Å². The van der Waals surface area contributed by atoms with Gasteiger partial charge in [-0.3, -0.25) is 14.7 Å². The molecule has 2 aromatic heterocycles. The molecule has 0 aliphatic rings. The summed E-state index contributed by atoms with van der Waals surface area (Å²) in [5, 5.41) is 21.2. The Kier molecular flexibility index (Phi) is 7.12. The van der Waals surface area contributed by atoms with Crippen molar-refractivity contribution in [2.45, 2.75) is 19.4 Å². The Morgan fingerprint density at radius 3 is 2.54 bits per heavy atom. The monoisotopic (exact) mass is 386 g/mol. The molecule has 0 aliphatic heterocycles. The van der Waals surface area contributed by atoms with Gasteiger partial charge in [0, 0.05) is 25.3 Å². The lowest BCUT2D eigenvalue weighted by Gasteiger charge is -2.19. The van der Waals surface area contributed by atoms with Crippen LogP contribution in [0.3, 0.4) is 0 Å². The summed E-state index contributed by atoms with van der Waals surface area (Å²) in [6.07, 6.45) is 3.41. The number of nitrogens with one attached hydrogen (secondary N) is 2. The molecule has 0 radical (unpaired) electrons. The Morgan fingerprint density at radius 2 is 1.82 bits per heavy atom. The van der Waals surface area contributed by atoms with Gasteiger partial charge in [-0.1, -0.05) is 18.2 Å². The Morgan fingerprint density at radius 1 is 1.07 bits per heavy atom. The second kappa shape index (κ2) is 9.98. The van der Waals surface area contributed by atoms with E-state index in [-0.39, 0.29) is 18.8 Å². The van der Waals surface area contributed by atoms with E-state index in [0.717, 1.165) is 25.1 Å². The highest BCUT2D eigenvalue weighted by atomic mass is 16.3. The molecule has 3 rings (SSSR count). The molecule has 0 amide bonds. The van der Waals surface area contributed by atoms with Crippen LogP contribution in [0.1, 0.15) is 12.8 Å². The molecule has 1 aromatic carbocycles. The van der Waals surface area contributed by atoms with Crippen LogP contribution in [0, 0.1) is 0 Å². The average molecular weight is 386 g/mol. The smallest absolute Gasteiger partial charge is 0.280 e. The van der Waals surface area contributed by atoms with E-state index in [1.165, 1.54) is 0 Å². The van der Waals surface area contributed by atoms with E-state index in [9.17, 15) is 4.79 Å². The minimum atomic E-state index is -0.278. The summed E-state index contributed by atoms with van der Waals surface area (Å²) in [6, 6.07) is 9.51. The van der Waals surface area contributed by atoms with Gasteiger partial charge < -0.3 is 20.1 Å². The number of aromatic amines is 1. The summed E-state index contributed by atoms with van der Waals surface area (Å²) in [6.45, 7) is 2.75. The number of aliphatic hydroxyl groups is 2. The zero-order valence-corrected chi connectivity index (χ0v) is 15.7. The first kappa shape index (κ1) is 20.0. The first-order valence-corrected chi connectivity index (χ1v) is 9.42. The highest BCUT2D eigenvalue weighted by Crippen LogP contribution is 2.14. The molecule has 0 saturated carbocycles. The fraction of sp³-hybridized carbons (Fsp3) is 0.421. The van der Waals surface area contributed by atoms with Gasteiger partial charge in [0.25, 0.3) is 5.56 Å². The minimum absolute atomic E-state index is 0.0794. The third-order valence-corrected chi connectivity index (χ3v) is 4.47. The van der Waals surface area contributed by atoms with Gasteiger partial charge in [-0.05, 0) is 31.5 Å². The highest BCUT2D eigenvalue weighted by molar-refractivity contribution is 5.71. The number of H-pyrrole nitrogens is 1. The number of hydrogen-bond donors (Lipinski definition) is 4. The molecule has 0 bridgehead atoms. The number of unbranched alkanes of at least 4 members (excludes halogenated alkanes) is 1. The number of para-hydroxylation sites is 1. The van der Waals surface area contributed by atoms with Gasteiger partial charge in [-0.2, -0.15) is 4.98 Å². The van der Waals surface area contributed by atoms with Crippen LogP contribution in [0.5, 0.6) is 0 Å². The summed E-state index contributed by atoms with van der Waals surface area (Å²) in [5.74, 6) is 0.377. The maximum Gasteiger partial charge on any atom is 0.280 e. The Balaban J connectivity index is 1.66. The van der Waals surface area contributed by atoms with Crippen molar-refractivity contribution >= 4 is 22.8 Å². The Hall–Kier alpha value is -2.75. The summed E-state index contributed by atoms with van der Waals surface area (Å²) in [4.78, 5) is 25.8. The topological polar surface area (TPSA) is 119 Å². The fourth-order valence-corrected chi connectivity index (χ4v) is 3.07. The van der Waals surface area contributed by atoms with Crippen LogP contribution in [-0.4, -0.2) is 67.5 Å². The SMILES string of the molecule is O=c1[nH]c(Nc2ccccc2)nc2c1ncn2CCCCN(CCO)CCO. The second-order valence-corrected chi connectivity index (χ2v) is 6.51. The van der Waals surface area contributed by atoms with Crippen LogP contribution in [0.15, 0.2) is 41.5 Å². The van der Waals surface area contributed by atoms with Gasteiger partial charge in [-0.25, -0.2) is 4.98 Å². The Bertz CT molecular complexity index is 918. The molecule has 28 heavy (non-hydrogen) atoms. The zero-order chi connectivity index (χ0) is 19.8. The molecule has 150 valence electrons. The van der Waals surface area contributed by atoms with E-state index < -0.39 is 0 Å². The summed E-state index contributed by atoms with van der Waals surface area (Å²) < 4.78 is 1.88. The predicted octanol–water partition coefficient (Wildman–Crippen LogP) is 0.930. The zero-order valence-electron chi connectivity index (χ0n) is 15.7. The molecule has 9 heteroatoms. The summed E-state index contributed by atoms with van der Waals surface area (Å²) >= 11 is 0. The van der Waals surface area contributed by atoms with Crippen molar-refractivity contribution in [3.8, 4) is 0 Å². The molecule has 4 N–H and O–H groups in total. The molecular weight excluding hydrogens is 360 g/mol. The number of aryl methyl sites for hydroxylation is 1. The third-order valence-electron chi connectivity index (χ3n) is 4.47. The Labute approximate surface area is 162 Å². The maximum atomic E-state index is 12.3. The standard InChI is InChI=1S/C19H26N6O3/c26-12-10-24(11-13-27)8-4-5-9-25-14-20-16-17(25)22-19(23-18(16)28)21-15-6-2-1-3-7-15/h1-3,6-7,14,26-27H,4-5,8-13H2,(H2,21,22,23,28). The lowest BCUT2D eigenvalue weighted by Crippen LogP contribution is -2.30. The number of rotatable bonds is 11. The molecule has 2 heterocycles. The number of anilines is 2. The number of imidazole rings is 1. The number of fused-ring (bicyclic) bond motifs is 1. The number of aliphatic hydroxyl groups excluding tert-OH is 2. The lowest BCUT2D eigenvalue weighted by molar-refractivity contribution is 0.159. The van der Waals surface area contributed by atoms with Gasteiger partial charge in [0.1, 0.15) is 0 Å². The second-order valence-electron chi connectivity index (χ2n) is 6.51. The quantitative estimate of drug-likeness (QED) is 0.362. The van der Waals surface area contributed by atoms with E-state index in [4.69, 9.17) is 10.2 Å². The number of aromatic nitrogens is 4. The minimum Gasteiger partial charge on any atom is -0.395 e. The van der Waals surface area contributed by atoms with Gasteiger partial charge in [-0.15, -0.1) is 0 Å². The number of hydrogen-bond acceptors (Lipinski definition) is 7. The van der Waals surface area contributed by atoms with Crippen molar-refractivity contribution in [2.24, 2.45) is 0 Å². The van der Waals surface area contributed by atoms with Crippen LogP contribution in [0.4, 0.5) is 11.6 Å². The van der Waals surface area contributed by atoms with Crippen molar-refractivity contribution in [3.05, 3.63) is 47.0 Å². The summed E-state index contributed by atoms with van der Waals surface area (Å²) in [5.41, 5.74) is 1.42. The number of nitrogens with zero attached hydrogens (tertiary/aromatic N) is 4. The predicted molar refractivity (Wildman–Crippen MR) is 108 cm³/mol. The van der Waals surface area contributed by atoms with E-state index in [0.29, 0.717) is 36.7 Å². The molecule has 0 fully saturated rings. The van der Waals surface area contributed by atoms with Crippen molar-refractivity contribution in [2.75, 3.05) is 38.2 Å². The molecule has 0 saturated heterocycles. The molecule has 9 nitrogen and oxygen atoms in total. The van der Waals surface area contributed by atoms with Crippen molar-refractivity contribution in [1.82, 2.24) is 24.4 Å². The normalized spacial score (nSPS) is 11.4. The molecule has 0 aliphatic carbocycles. The first-order valence-electron chi connectivity index (χ1n) is 9.42. The van der Waals surface area contributed by atoms with Gasteiger partial charge in [0.2, 0.25) is 5.95 Å². The van der Waals surface area contributed by atoms with E-state index in [1.54, 1.807) is 6.33 Å². The fourth-order valence-electron chi connectivity index (χ4n) is 3.07. The summed E-state index contributed by atoms with van der Waals surface area (Å²) in [7, 11) is 0. The molecule has 0 atom stereocenters.